The number of nitrogens with zero attached hydrogens (tertiary/aromatic N) is 1. The van der Waals surface area contributed by atoms with Gasteiger partial charge in [0, 0.05) is 12.2 Å². The van der Waals surface area contributed by atoms with Crippen molar-refractivity contribution < 1.29 is 9.59 Å². The first-order valence-electron chi connectivity index (χ1n) is 8.32. The molecule has 0 bridgehead atoms. The van der Waals surface area contributed by atoms with Crippen LogP contribution in [0.3, 0.4) is 0 Å². The highest BCUT2D eigenvalue weighted by Crippen LogP contribution is 2.26. The summed E-state index contributed by atoms with van der Waals surface area (Å²) in [7, 11) is 0. The van der Waals surface area contributed by atoms with Gasteiger partial charge in [-0.15, -0.1) is 11.3 Å². The van der Waals surface area contributed by atoms with E-state index in [2.05, 4.69) is 19.2 Å². The molecule has 1 N–H and O–H groups in total. The molecule has 0 unspecified atom stereocenters. The second-order valence-corrected chi connectivity index (χ2v) is 7.31. The Balaban J connectivity index is 1.76. The van der Waals surface area contributed by atoms with E-state index in [0.29, 0.717) is 23.8 Å². The van der Waals surface area contributed by atoms with Gasteiger partial charge in [0.1, 0.15) is 6.04 Å². The molecular formula is C19H22N2O2S. The van der Waals surface area contributed by atoms with Crippen LogP contribution in [-0.4, -0.2) is 29.3 Å². The molecule has 0 aliphatic carbocycles. The molecule has 3 rings (SSSR count). The molecule has 2 heterocycles. The second-order valence-electron chi connectivity index (χ2n) is 6.37. The van der Waals surface area contributed by atoms with Gasteiger partial charge in [0.15, 0.2) is 0 Å². The lowest BCUT2D eigenvalue weighted by atomic mass is 10.0. The SMILES string of the molecule is CC(C)c1ccccc1NC(=O)[C@H]1CCCN1C(=O)c1cccs1. The van der Waals surface area contributed by atoms with Crippen molar-refractivity contribution in [3.05, 3.63) is 52.2 Å². The van der Waals surface area contributed by atoms with E-state index in [-0.39, 0.29) is 17.9 Å². The number of rotatable bonds is 4. The van der Waals surface area contributed by atoms with Crippen molar-refractivity contribution in [2.45, 2.75) is 38.6 Å². The lowest BCUT2D eigenvalue weighted by molar-refractivity contribution is -0.119. The van der Waals surface area contributed by atoms with Gasteiger partial charge < -0.3 is 10.2 Å². The smallest absolute Gasteiger partial charge is 0.264 e. The molecule has 1 aromatic carbocycles. The molecule has 1 aliphatic heterocycles. The number of hydrogen-bond acceptors (Lipinski definition) is 3. The highest BCUT2D eigenvalue weighted by atomic mass is 32.1. The third-order valence-electron chi connectivity index (χ3n) is 4.39. The molecule has 1 atom stereocenters. The summed E-state index contributed by atoms with van der Waals surface area (Å²) in [6.45, 7) is 4.85. The van der Waals surface area contributed by atoms with E-state index < -0.39 is 0 Å². The Morgan fingerprint density at radius 2 is 2.00 bits per heavy atom. The molecule has 1 aliphatic rings. The maximum absolute atomic E-state index is 12.8. The van der Waals surface area contributed by atoms with Crippen molar-refractivity contribution >= 4 is 28.8 Å². The highest BCUT2D eigenvalue weighted by Gasteiger charge is 2.35. The van der Waals surface area contributed by atoms with Crippen LogP contribution in [0.2, 0.25) is 0 Å². The van der Waals surface area contributed by atoms with E-state index in [0.717, 1.165) is 17.7 Å². The maximum atomic E-state index is 12.8. The summed E-state index contributed by atoms with van der Waals surface area (Å²) in [5.41, 5.74) is 1.95. The predicted molar refractivity (Wildman–Crippen MR) is 97.5 cm³/mol. The zero-order valence-electron chi connectivity index (χ0n) is 14.0. The number of thiophene rings is 1. The standard InChI is InChI=1S/C19H22N2O2S/c1-13(2)14-7-3-4-8-15(14)20-18(22)16-9-5-11-21(16)19(23)17-10-6-12-24-17/h3-4,6-8,10,12-13,16H,5,9,11H2,1-2H3,(H,20,22)/t16-/m1/s1. The molecule has 0 radical (unpaired) electrons. The Labute approximate surface area is 146 Å². The molecule has 2 amide bonds. The Hall–Kier alpha value is -2.14. The lowest BCUT2D eigenvalue weighted by Crippen LogP contribution is -2.43. The fraction of sp³-hybridized carbons (Fsp3) is 0.368. The molecular weight excluding hydrogens is 320 g/mol. The largest absolute Gasteiger partial charge is 0.326 e. The predicted octanol–water partition coefficient (Wildman–Crippen LogP) is 4.11. The summed E-state index contributed by atoms with van der Waals surface area (Å²) >= 11 is 1.42. The minimum Gasteiger partial charge on any atom is -0.326 e. The number of anilines is 1. The van der Waals surface area contributed by atoms with Gasteiger partial charge in [0.05, 0.1) is 4.88 Å². The Morgan fingerprint density at radius 3 is 2.71 bits per heavy atom. The quantitative estimate of drug-likeness (QED) is 0.909. The Kier molecular flexibility index (Phi) is 5.00. The van der Waals surface area contributed by atoms with E-state index in [4.69, 9.17) is 0 Å². The maximum Gasteiger partial charge on any atom is 0.264 e. The van der Waals surface area contributed by atoms with Crippen molar-refractivity contribution in [1.29, 1.82) is 0 Å². The van der Waals surface area contributed by atoms with Crippen LogP contribution < -0.4 is 5.32 Å². The molecule has 1 fully saturated rings. The van der Waals surface area contributed by atoms with Gasteiger partial charge in [-0.05, 0) is 41.8 Å². The van der Waals surface area contributed by atoms with Crippen molar-refractivity contribution in [3.63, 3.8) is 0 Å². The summed E-state index contributed by atoms with van der Waals surface area (Å²) in [5, 5.41) is 4.92. The van der Waals surface area contributed by atoms with Gasteiger partial charge in [-0.1, -0.05) is 38.1 Å². The molecule has 2 aromatic rings. The molecule has 4 nitrogen and oxygen atoms in total. The number of hydrogen-bond donors (Lipinski definition) is 1. The van der Waals surface area contributed by atoms with E-state index in [1.54, 1.807) is 4.90 Å². The normalized spacial score (nSPS) is 17.3. The van der Waals surface area contributed by atoms with Gasteiger partial charge in [-0.25, -0.2) is 0 Å². The number of benzene rings is 1. The van der Waals surface area contributed by atoms with Crippen LogP contribution in [0.4, 0.5) is 5.69 Å². The van der Waals surface area contributed by atoms with E-state index in [9.17, 15) is 9.59 Å². The zero-order valence-corrected chi connectivity index (χ0v) is 14.8. The fourth-order valence-corrected chi connectivity index (χ4v) is 3.83. The third kappa shape index (κ3) is 3.36. The summed E-state index contributed by atoms with van der Waals surface area (Å²) in [5.74, 6) is 0.194. The van der Waals surface area contributed by atoms with Crippen LogP contribution in [0.15, 0.2) is 41.8 Å². The average Bonchev–Trinajstić information content (AvgIpc) is 3.26. The van der Waals surface area contributed by atoms with Gasteiger partial charge in [0.25, 0.3) is 5.91 Å². The molecule has 126 valence electrons. The summed E-state index contributed by atoms with van der Waals surface area (Å²) in [4.78, 5) is 27.8. The van der Waals surface area contributed by atoms with Crippen molar-refractivity contribution in [2.24, 2.45) is 0 Å². The molecule has 1 aromatic heterocycles. The topological polar surface area (TPSA) is 49.4 Å². The molecule has 24 heavy (non-hydrogen) atoms. The van der Waals surface area contributed by atoms with Crippen LogP contribution in [0, 0.1) is 0 Å². The van der Waals surface area contributed by atoms with Crippen LogP contribution in [-0.2, 0) is 4.79 Å². The van der Waals surface area contributed by atoms with E-state index in [1.165, 1.54) is 11.3 Å². The van der Waals surface area contributed by atoms with Crippen molar-refractivity contribution in [3.8, 4) is 0 Å². The first kappa shape index (κ1) is 16.7. The van der Waals surface area contributed by atoms with E-state index in [1.807, 2.05) is 41.8 Å². The van der Waals surface area contributed by atoms with Gasteiger partial charge >= 0.3 is 0 Å². The van der Waals surface area contributed by atoms with Crippen LogP contribution in [0.1, 0.15) is 47.8 Å². The van der Waals surface area contributed by atoms with Crippen molar-refractivity contribution in [2.75, 3.05) is 11.9 Å². The van der Waals surface area contributed by atoms with Gasteiger partial charge in [-0.2, -0.15) is 0 Å². The van der Waals surface area contributed by atoms with Gasteiger partial charge in [0.2, 0.25) is 5.91 Å². The average molecular weight is 342 g/mol. The minimum absolute atomic E-state index is 0.0419. The molecule has 0 spiro atoms. The number of para-hydroxylation sites is 1. The molecule has 1 saturated heterocycles. The summed E-state index contributed by atoms with van der Waals surface area (Å²) in [6.07, 6.45) is 1.58. The number of carbonyl (C=O) groups excluding carboxylic acids is 2. The first-order valence-corrected chi connectivity index (χ1v) is 9.20. The van der Waals surface area contributed by atoms with E-state index >= 15 is 0 Å². The lowest BCUT2D eigenvalue weighted by Gasteiger charge is -2.24. The highest BCUT2D eigenvalue weighted by molar-refractivity contribution is 7.12. The number of nitrogens with one attached hydrogen (secondary N) is 1. The Morgan fingerprint density at radius 1 is 1.21 bits per heavy atom. The number of likely N-dealkylation sites (tertiary alicyclic amines) is 1. The number of carbonyl (C=O) groups is 2. The second kappa shape index (κ2) is 7.18. The Bertz CT molecular complexity index is 725. The van der Waals surface area contributed by atoms with Crippen molar-refractivity contribution in [1.82, 2.24) is 4.90 Å². The minimum atomic E-state index is -0.389. The monoisotopic (exact) mass is 342 g/mol. The summed E-state index contributed by atoms with van der Waals surface area (Å²) < 4.78 is 0. The van der Waals surface area contributed by atoms with Crippen LogP contribution in [0.5, 0.6) is 0 Å². The third-order valence-corrected chi connectivity index (χ3v) is 5.25. The summed E-state index contributed by atoms with van der Waals surface area (Å²) in [6, 6.07) is 11.1. The first-order chi connectivity index (χ1) is 11.6. The van der Waals surface area contributed by atoms with Crippen LogP contribution >= 0.6 is 11.3 Å². The number of amides is 2. The van der Waals surface area contributed by atoms with Gasteiger partial charge in [-0.3, -0.25) is 9.59 Å². The molecule has 5 heteroatoms. The zero-order chi connectivity index (χ0) is 17.1. The van der Waals surface area contributed by atoms with Crippen LogP contribution in [0.25, 0.3) is 0 Å². The fourth-order valence-electron chi connectivity index (χ4n) is 3.15. The molecule has 0 saturated carbocycles.